The smallest absolute Gasteiger partial charge is 0.251 e. The molecule has 2 rings (SSSR count). The van der Waals surface area contributed by atoms with Gasteiger partial charge in [-0.15, -0.1) is 11.3 Å². The zero-order valence-corrected chi connectivity index (χ0v) is 11.8. The number of amides is 1. The van der Waals surface area contributed by atoms with Crippen LogP contribution in [0.1, 0.15) is 25.7 Å². The number of carbonyl (C=O) groups excluding carboxylic acids is 1. The van der Waals surface area contributed by atoms with Crippen LogP contribution in [0.4, 0.5) is 0 Å². The van der Waals surface area contributed by atoms with E-state index >= 15 is 0 Å². The maximum absolute atomic E-state index is 12.0. The minimum absolute atomic E-state index is 0.0199. The molecule has 1 amide bonds. The lowest BCUT2D eigenvalue weighted by Crippen LogP contribution is -2.23. The predicted molar refractivity (Wildman–Crippen MR) is 79.2 cm³/mol. The molecule has 0 spiro atoms. The van der Waals surface area contributed by atoms with Crippen LogP contribution >= 0.6 is 11.3 Å². The van der Waals surface area contributed by atoms with Gasteiger partial charge in [-0.1, -0.05) is 17.3 Å². The van der Waals surface area contributed by atoms with Crippen LogP contribution in [0, 0.1) is 6.92 Å². The molecule has 104 valence electrons. The summed E-state index contributed by atoms with van der Waals surface area (Å²) in [5, 5.41) is 14.4. The monoisotopic (exact) mass is 289 g/mol. The summed E-state index contributed by atoms with van der Waals surface area (Å²) in [6.45, 7) is 2.52. The van der Waals surface area contributed by atoms with Crippen molar-refractivity contribution < 1.29 is 10.0 Å². The van der Waals surface area contributed by atoms with Crippen LogP contribution in [-0.2, 0) is 6.54 Å². The van der Waals surface area contributed by atoms with Gasteiger partial charge in [0.2, 0.25) is 0 Å². The lowest BCUT2D eigenvalue weighted by molar-refractivity contribution is 0.0951. The maximum atomic E-state index is 12.0. The molecule has 1 aromatic heterocycles. The Morgan fingerprint density at radius 3 is 2.75 bits per heavy atom. The fraction of sp³-hybridized carbons (Fsp3) is 0.143. The number of aryl methyl sites for hydroxylation is 1. The third kappa shape index (κ3) is 3.36. The molecule has 1 aromatic carbocycles. The van der Waals surface area contributed by atoms with E-state index in [1.165, 1.54) is 4.88 Å². The Hall–Kier alpha value is -2.34. The third-order valence-corrected chi connectivity index (χ3v) is 3.75. The van der Waals surface area contributed by atoms with Gasteiger partial charge in [-0.2, -0.15) is 0 Å². The molecular weight excluding hydrogens is 274 g/mol. The zero-order valence-electron chi connectivity index (χ0n) is 11.0. The average Bonchev–Trinajstić information content (AvgIpc) is 2.89. The fourth-order valence-corrected chi connectivity index (χ4v) is 2.56. The van der Waals surface area contributed by atoms with Gasteiger partial charge in [0.25, 0.3) is 5.91 Å². The summed E-state index contributed by atoms with van der Waals surface area (Å²) in [4.78, 5) is 14.3. The van der Waals surface area contributed by atoms with Gasteiger partial charge in [0.1, 0.15) is 0 Å². The van der Waals surface area contributed by atoms with E-state index in [4.69, 9.17) is 10.9 Å². The second-order valence-corrected chi connectivity index (χ2v) is 5.63. The van der Waals surface area contributed by atoms with Crippen molar-refractivity contribution in [1.29, 1.82) is 0 Å². The van der Waals surface area contributed by atoms with Crippen molar-refractivity contribution in [3.8, 4) is 0 Å². The number of rotatable bonds is 4. The first-order chi connectivity index (χ1) is 9.60. The second kappa shape index (κ2) is 6.21. The number of nitrogens with one attached hydrogen (secondary N) is 1. The highest BCUT2D eigenvalue weighted by molar-refractivity contribution is 7.11. The van der Waals surface area contributed by atoms with E-state index in [9.17, 15) is 4.79 Å². The van der Waals surface area contributed by atoms with E-state index in [-0.39, 0.29) is 11.7 Å². The highest BCUT2D eigenvalue weighted by atomic mass is 32.1. The molecule has 0 saturated carbocycles. The lowest BCUT2D eigenvalue weighted by Gasteiger charge is -2.05. The number of amidine groups is 1. The molecular formula is C14H15N3O2S. The molecule has 2 aromatic rings. The van der Waals surface area contributed by atoms with E-state index in [2.05, 4.69) is 10.5 Å². The molecule has 4 N–H and O–H groups in total. The van der Waals surface area contributed by atoms with Crippen molar-refractivity contribution in [1.82, 2.24) is 5.32 Å². The molecule has 0 saturated heterocycles. The molecule has 1 heterocycles. The number of hydrogen-bond donors (Lipinski definition) is 3. The first-order valence-electron chi connectivity index (χ1n) is 6.01. The topological polar surface area (TPSA) is 87.7 Å². The summed E-state index contributed by atoms with van der Waals surface area (Å²) >= 11 is 1.65. The van der Waals surface area contributed by atoms with Crippen LogP contribution in [0.3, 0.4) is 0 Å². The Morgan fingerprint density at radius 1 is 1.35 bits per heavy atom. The van der Waals surface area contributed by atoms with Gasteiger partial charge >= 0.3 is 0 Å². The summed E-state index contributed by atoms with van der Waals surface area (Å²) in [5.74, 6) is -0.211. The van der Waals surface area contributed by atoms with Crippen LogP contribution in [0.15, 0.2) is 41.6 Å². The van der Waals surface area contributed by atoms with Crippen molar-refractivity contribution in [3.05, 3.63) is 57.3 Å². The number of hydrogen-bond acceptors (Lipinski definition) is 4. The SMILES string of the molecule is Cc1ccc(CNC(=O)c2cccc(C(N)=NO)c2)s1. The molecule has 0 aliphatic carbocycles. The lowest BCUT2D eigenvalue weighted by atomic mass is 10.1. The Bertz CT molecular complexity index is 649. The van der Waals surface area contributed by atoms with Crippen molar-refractivity contribution in [3.63, 3.8) is 0 Å². The molecule has 0 aliphatic heterocycles. The summed E-state index contributed by atoms with van der Waals surface area (Å²) in [6.07, 6.45) is 0. The molecule has 0 unspecified atom stereocenters. The van der Waals surface area contributed by atoms with Crippen LogP contribution in [0.5, 0.6) is 0 Å². The van der Waals surface area contributed by atoms with Crippen LogP contribution in [-0.4, -0.2) is 17.0 Å². The molecule has 0 aliphatic rings. The highest BCUT2D eigenvalue weighted by Gasteiger charge is 2.08. The molecule has 20 heavy (non-hydrogen) atoms. The number of thiophene rings is 1. The standard InChI is InChI=1S/C14H15N3O2S/c1-9-5-6-12(20-9)8-16-14(18)11-4-2-3-10(7-11)13(15)17-19/h2-7,19H,8H2,1H3,(H2,15,17)(H,16,18). The van der Waals surface area contributed by atoms with Gasteiger partial charge in [0.15, 0.2) is 5.84 Å². The first kappa shape index (κ1) is 14.1. The van der Waals surface area contributed by atoms with Crippen molar-refractivity contribution in [2.24, 2.45) is 10.9 Å². The molecule has 0 fully saturated rings. The molecule has 0 radical (unpaired) electrons. The second-order valence-electron chi connectivity index (χ2n) is 4.26. The van der Waals surface area contributed by atoms with Crippen LogP contribution < -0.4 is 11.1 Å². The van der Waals surface area contributed by atoms with E-state index in [1.54, 1.807) is 35.6 Å². The van der Waals surface area contributed by atoms with E-state index in [0.29, 0.717) is 17.7 Å². The minimum atomic E-state index is -0.191. The van der Waals surface area contributed by atoms with Gasteiger partial charge in [-0.25, -0.2) is 0 Å². The van der Waals surface area contributed by atoms with Crippen molar-refractivity contribution in [2.75, 3.05) is 0 Å². The van der Waals surface area contributed by atoms with Gasteiger partial charge < -0.3 is 16.3 Å². The number of carbonyl (C=O) groups is 1. The minimum Gasteiger partial charge on any atom is -0.409 e. The number of nitrogens with zero attached hydrogens (tertiary/aromatic N) is 1. The number of nitrogens with two attached hydrogens (primary N) is 1. The van der Waals surface area contributed by atoms with Gasteiger partial charge in [-0.05, 0) is 31.2 Å². The highest BCUT2D eigenvalue weighted by Crippen LogP contribution is 2.14. The predicted octanol–water partition coefficient (Wildman–Crippen LogP) is 2.08. The van der Waals surface area contributed by atoms with Crippen LogP contribution in [0.25, 0.3) is 0 Å². The largest absolute Gasteiger partial charge is 0.409 e. The van der Waals surface area contributed by atoms with E-state index in [0.717, 1.165) is 4.88 Å². The number of oxime groups is 1. The Labute approximate surface area is 120 Å². The van der Waals surface area contributed by atoms with Gasteiger partial charge in [0, 0.05) is 20.9 Å². The average molecular weight is 289 g/mol. The summed E-state index contributed by atoms with van der Waals surface area (Å²) < 4.78 is 0. The third-order valence-electron chi connectivity index (χ3n) is 2.75. The van der Waals surface area contributed by atoms with Crippen molar-refractivity contribution in [2.45, 2.75) is 13.5 Å². The molecule has 5 nitrogen and oxygen atoms in total. The first-order valence-corrected chi connectivity index (χ1v) is 6.83. The Morgan fingerprint density at radius 2 is 2.10 bits per heavy atom. The fourth-order valence-electron chi connectivity index (χ4n) is 1.73. The van der Waals surface area contributed by atoms with Gasteiger partial charge in [0.05, 0.1) is 6.54 Å². The summed E-state index contributed by atoms with van der Waals surface area (Å²) in [7, 11) is 0. The van der Waals surface area contributed by atoms with E-state index < -0.39 is 0 Å². The normalized spacial score (nSPS) is 11.3. The Balaban J connectivity index is 2.05. The quantitative estimate of drug-likeness (QED) is 0.348. The van der Waals surface area contributed by atoms with Crippen LogP contribution in [0.2, 0.25) is 0 Å². The summed E-state index contributed by atoms with van der Waals surface area (Å²) in [5.41, 5.74) is 6.48. The van der Waals surface area contributed by atoms with Crippen molar-refractivity contribution >= 4 is 23.1 Å². The molecule has 0 bridgehead atoms. The molecule has 0 atom stereocenters. The molecule has 6 heteroatoms. The maximum Gasteiger partial charge on any atom is 0.251 e. The summed E-state index contributed by atoms with van der Waals surface area (Å²) in [6, 6.07) is 10.7. The number of benzene rings is 1. The Kier molecular flexibility index (Phi) is 4.37. The van der Waals surface area contributed by atoms with Gasteiger partial charge in [-0.3, -0.25) is 4.79 Å². The zero-order chi connectivity index (χ0) is 14.5. The van der Waals surface area contributed by atoms with E-state index in [1.807, 2.05) is 19.1 Å².